The summed E-state index contributed by atoms with van der Waals surface area (Å²) in [4.78, 5) is 25.3. The van der Waals surface area contributed by atoms with E-state index in [4.69, 9.17) is 11.6 Å². The first kappa shape index (κ1) is 15.6. The summed E-state index contributed by atoms with van der Waals surface area (Å²) in [7, 11) is 0. The van der Waals surface area contributed by atoms with Crippen LogP contribution in [0.1, 0.15) is 31.9 Å². The van der Waals surface area contributed by atoms with Crippen LogP contribution < -0.4 is 5.32 Å². The van der Waals surface area contributed by atoms with Gasteiger partial charge in [-0.05, 0) is 17.9 Å². The van der Waals surface area contributed by atoms with Crippen LogP contribution in [0.15, 0.2) is 24.3 Å². The predicted octanol–water partition coefficient (Wildman–Crippen LogP) is 2.91. The van der Waals surface area contributed by atoms with E-state index in [-0.39, 0.29) is 11.4 Å². The van der Waals surface area contributed by atoms with E-state index < -0.39 is 12.0 Å². The lowest BCUT2D eigenvalue weighted by atomic mass is 9.93. The molecule has 1 aromatic carbocycles. The van der Waals surface area contributed by atoms with Gasteiger partial charge in [0.05, 0.1) is 0 Å². The molecule has 21 heavy (non-hydrogen) atoms. The summed E-state index contributed by atoms with van der Waals surface area (Å²) in [5, 5.41) is 12.2. The molecule has 0 aromatic heterocycles. The van der Waals surface area contributed by atoms with Crippen LogP contribution in [0.3, 0.4) is 0 Å². The SMILES string of the molecule is CC1(C)CCN(C(=O)N[C@@H](C(=O)O)c2ccccc2Cl)C1. The summed E-state index contributed by atoms with van der Waals surface area (Å²) >= 11 is 6.02. The zero-order valence-corrected chi connectivity index (χ0v) is 12.9. The summed E-state index contributed by atoms with van der Waals surface area (Å²) < 4.78 is 0. The minimum Gasteiger partial charge on any atom is -0.479 e. The van der Waals surface area contributed by atoms with Gasteiger partial charge in [-0.15, -0.1) is 0 Å². The summed E-state index contributed by atoms with van der Waals surface area (Å²) in [6.45, 7) is 5.42. The molecule has 0 spiro atoms. The molecule has 0 unspecified atom stereocenters. The summed E-state index contributed by atoms with van der Waals surface area (Å²) in [6, 6.07) is 5.12. The number of carbonyl (C=O) groups excluding carboxylic acids is 1. The number of aliphatic carboxylic acids is 1. The lowest BCUT2D eigenvalue weighted by Crippen LogP contribution is -2.43. The van der Waals surface area contributed by atoms with Gasteiger partial charge in [-0.3, -0.25) is 0 Å². The Bertz CT molecular complexity index is 560. The van der Waals surface area contributed by atoms with E-state index in [0.717, 1.165) is 6.42 Å². The maximum absolute atomic E-state index is 12.2. The third-order valence-corrected chi connectivity index (χ3v) is 4.04. The molecule has 0 saturated carbocycles. The highest BCUT2D eigenvalue weighted by molar-refractivity contribution is 6.31. The number of hydrogen-bond acceptors (Lipinski definition) is 2. The van der Waals surface area contributed by atoms with E-state index >= 15 is 0 Å². The highest BCUT2D eigenvalue weighted by atomic mass is 35.5. The minimum atomic E-state index is -1.14. The summed E-state index contributed by atoms with van der Waals surface area (Å²) in [5.41, 5.74) is 0.457. The Morgan fingerprint density at radius 2 is 2.05 bits per heavy atom. The number of carboxylic acids is 1. The molecule has 0 bridgehead atoms. The van der Waals surface area contributed by atoms with Gasteiger partial charge in [0.1, 0.15) is 0 Å². The van der Waals surface area contributed by atoms with Gasteiger partial charge in [0.25, 0.3) is 0 Å². The van der Waals surface area contributed by atoms with Crippen LogP contribution >= 0.6 is 11.6 Å². The molecule has 5 nitrogen and oxygen atoms in total. The van der Waals surface area contributed by atoms with E-state index in [1.54, 1.807) is 29.2 Å². The number of halogens is 1. The number of likely N-dealkylation sites (tertiary alicyclic amines) is 1. The van der Waals surface area contributed by atoms with E-state index in [1.165, 1.54) is 0 Å². The molecule has 2 N–H and O–H groups in total. The number of carboxylic acid groups (broad SMARTS) is 1. The van der Waals surface area contributed by atoms with Gasteiger partial charge in [0.2, 0.25) is 0 Å². The van der Waals surface area contributed by atoms with Crippen molar-refractivity contribution in [1.82, 2.24) is 10.2 Å². The van der Waals surface area contributed by atoms with Crippen LogP contribution in [0.25, 0.3) is 0 Å². The largest absolute Gasteiger partial charge is 0.479 e. The summed E-state index contributed by atoms with van der Waals surface area (Å²) in [5.74, 6) is -1.13. The lowest BCUT2D eigenvalue weighted by molar-refractivity contribution is -0.139. The smallest absolute Gasteiger partial charge is 0.331 e. The molecule has 1 aromatic rings. The maximum Gasteiger partial charge on any atom is 0.331 e. The van der Waals surface area contributed by atoms with Crippen LogP contribution in [0.4, 0.5) is 4.79 Å². The third kappa shape index (κ3) is 3.67. The third-order valence-electron chi connectivity index (χ3n) is 3.70. The number of benzene rings is 1. The standard InChI is InChI=1S/C15H19ClN2O3/c1-15(2)7-8-18(9-15)14(21)17-12(13(19)20)10-5-3-4-6-11(10)16/h3-6,12H,7-9H2,1-2H3,(H,17,21)(H,19,20)/t12-/m1/s1. The van der Waals surface area contributed by atoms with Gasteiger partial charge in [0.15, 0.2) is 6.04 Å². The van der Waals surface area contributed by atoms with Crippen molar-refractivity contribution in [3.63, 3.8) is 0 Å². The zero-order chi connectivity index (χ0) is 15.6. The Morgan fingerprint density at radius 1 is 1.38 bits per heavy atom. The minimum absolute atomic E-state index is 0.0699. The average molecular weight is 311 g/mol. The molecule has 0 aliphatic carbocycles. The molecule has 6 heteroatoms. The zero-order valence-electron chi connectivity index (χ0n) is 12.1. The Hall–Kier alpha value is -1.75. The molecule has 1 heterocycles. The molecule has 114 valence electrons. The van der Waals surface area contributed by atoms with Gasteiger partial charge in [-0.25, -0.2) is 9.59 Å². The normalized spacial score (nSPS) is 18.3. The van der Waals surface area contributed by atoms with E-state index in [1.807, 2.05) is 0 Å². The molecule has 1 atom stereocenters. The van der Waals surface area contributed by atoms with Crippen molar-refractivity contribution in [3.8, 4) is 0 Å². The van der Waals surface area contributed by atoms with Crippen LogP contribution in [0.2, 0.25) is 5.02 Å². The first-order valence-corrected chi connectivity index (χ1v) is 7.21. The number of nitrogens with one attached hydrogen (secondary N) is 1. The fourth-order valence-corrected chi connectivity index (χ4v) is 2.73. The number of nitrogens with zero attached hydrogens (tertiary/aromatic N) is 1. The number of carbonyl (C=O) groups is 2. The quantitative estimate of drug-likeness (QED) is 0.902. The van der Waals surface area contributed by atoms with E-state index in [0.29, 0.717) is 23.7 Å². The van der Waals surface area contributed by atoms with Crippen molar-refractivity contribution in [2.24, 2.45) is 5.41 Å². The van der Waals surface area contributed by atoms with Crippen LogP contribution in [-0.2, 0) is 4.79 Å². The highest BCUT2D eigenvalue weighted by Gasteiger charge is 2.34. The molecular formula is C15H19ClN2O3. The second kappa shape index (κ2) is 5.93. The second-order valence-corrected chi connectivity index (χ2v) is 6.49. The van der Waals surface area contributed by atoms with E-state index in [9.17, 15) is 14.7 Å². The second-order valence-electron chi connectivity index (χ2n) is 6.08. The predicted molar refractivity (Wildman–Crippen MR) is 80.3 cm³/mol. The fraction of sp³-hybridized carbons (Fsp3) is 0.467. The van der Waals surface area contributed by atoms with Gasteiger partial charge in [-0.2, -0.15) is 0 Å². The van der Waals surface area contributed by atoms with Crippen LogP contribution in [0, 0.1) is 5.41 Å². The van der Waals surface area contributed by atoms with Crippen molar-refractivity contribution in [1.29, 1.82) is 0 Å². The average Bonchev–Trinajstić information content (AvgIpc) is 2.77. The Morgan fingerprint density at radius 3 is 2.57 bits per heavy atom. The molecule has 1 aliphatic rings. The first-order valence-electron chi connectivity index (χ1n) is 6.83. The Kier molecular flexibility index (Phi) is 4.42. The van der Waals surface area contributed by atoms with Crippen LogP contribution in [0.5, 0.6) is 0 Å². The van der Waals surface area contributed by atoms with Gasteiger partial charge >= 0.3 is 12.0 Å². The van der Waals surface area contributed by atoms with Crippen molar-refractivity contribution >= 4 is 23.6 Å². The topological polar surface area (TPSA) is 69.6 Å². The lowest BCUT2D eigenvalue weighted by Gasteiger charge is -2.23. The summed E-state index contributed by atoms with van der Waals surface area (Å²) in [6.07, 6.45) is 0.907. The first-order chi connectivity index (χ1) is 9.80. The number of hydrogen-bond donors (Lipinski definition) is 2. The van der Waals surface area contributed by atoms with Crippen LogP contribution in [-0.4, -0.2) is 35.1 Å². The molecule has 1 saturated heterocycles. The Balaban J connectivity index is 2.13. The number of rotatable bonds is 3. The van der Waals surface area contributed by atoms with Crippen molar-refractivity contribution < 1.29 is 14.7 Å². The Labute approximate surface area is 128 Å². The van der Waals surface area contributed by atoms with E-state index in [2.05, 4.69) is 19.2 Å². The molecular weight excluding hydrogens is 292 g/mol. The molecule has 1 aliphatic heterocycles. The molecule has 1 fully saturated rings. The number of amides is 2. The fourth-order valence-electron chi connectivity index (χ4n) is 2.48. The maximum atomic E-state index is 12.2. The molecule has 2 amide bonds. The number of urea groups is 1. The highest BCUT2D eigenvalue weighted by Crippen LogP contribution is 2.29. The van der Waals surface area contributed by atoms with Gasteiger partial charge < -0.3 is 15.3 Å². The van der Waals surface area contributed by atoms with Crippen molar-refractivity contribution in [3.05, 3.63) is 34.9 Å². The van der Waals surface area contributed by atoms with Crippen molar-refractivity contribution in [2.45, 2.75) is 26.3 Å². The molecule has 2 rings (SSSR count). The monoisotopic (exact) mass is 310 g/mol. The van der Waals surface area contributed by atoms with Gasteiger partial charge in [-0.1, -0.05) is 43.6 Å². The molecule has 0 radical (unpaired) electrons. The van der Waals surface area contributed by atoms with Crippen molar-refractivity contribution in [2.75, 3.05) is 13.1 Å². The van der Waals surface area contributed by atoms with Gasteiger partial charge in [0, 0.05) is 23.7 Å².